The van der Waals surface area contributed by atoms with E-state index in [-0.39, 0.29) is 0 Å². The van der Waals surface area contributed by atoms with E-state index in [0.717, 1.165) is 36.6 Å². The van der Waals surface area contributed by atoms with Crippen LogP contribution < -0.4 is 10.6 Å². The van der Waals surface area contributed by atoms with Gasteiger partial charge in [-0.1, -0.05) is 19.1 Å². The highest BCUT2D eigenvalue weighted by Gasteiger charge is 2.25. The zero-order valence-electron chi connectivity index (χ0n) is 9.97. The molecule has 90 valence electrons. The van der Waals surface area contributed by atoms with E-state index in [1.807, 2.05) is 24.3 Å². The molecule has 2 N–H and O–H groups in total. The number of fused-ring (bicyclic) bond motifs is 1. The third-order valence-electron chi connectivity index (χ3n) is 3.52. The molecule has 0 amide bonds. The Hall–Kier alpha value is -1.55. The number of nitrogens with two attached hydrogens (primary N) is 1. The van der Waals surface area contributed by atoms with Gasteiger partial charge in [0.2, 0.25) is 0 Å². The predicted octanol–water partition coefficient (Wildman–Crippen LogP) is 2.00. The molecule has 4 nitrogen and oxygen atoms in total. The molecule has 1 aliphatic rings. The van der Waals surface area contributed by atoms with Crippen LogP contribution in [0.5, 0.6) is 0 Å². The van der Waals surface area contributed by atoms with Crippen LogP contribution in [0.2, 0.25) is 0 Å². The maximum Gasteiger partial charge on any atom is 0.298 e. The second-order valence-electron chi connectivity index (χ2n) is 4.84. The first-order valence-corrected chi connectivity index (χ1v) is 6.10. The molecule has 4 heteroatoms. The van der Waals surface area contributed by atoms with E-state index < -0.39 is 0 Å². The van der Waals surface area contributed by atoms with E-state index in [9.17, 15) is 0 Å². The van der Waals surface area contributed by atoms with Gasteiger partial charge in [-0.3, -0.25) is 0 Å². The largest absolute Gasteiger partial charge is 0.423 e. The first-order chi connectivity index (χ1) is 8.24. The van der Waals surface area contributed by atoms with Gasteiger partial charge in [-0.15, -0.1) is 0 Å². The van der Waals surface area contributed by atoms with Crippen molar-refractivity contribution in [2.45, 2.75) is 19.4 Å². The van der Waals surface area contributed by atoms with Crippen molar-refractivity contribution < 1.29 is 4.42 Å². The van der Waals surface area contributed by atoms with Crippen molar-refractivity contribution in [3.8, 4) is 0 Å². The van der Waals surface area contributed by atoms with Crippen molar-refractivity contribution in [2.75, 3.05) is 18.0 Å². The molecule has 1 aromatic carbocycles. The molecule has 2 aromatic rings. The van der Waals surface area contributed by atoms with E-state index in [1.165, 1.54) is 0 Å². The van der Waals surface area contributed by atoms with Crippen molar-refractivity contribution in [3.63, 3.8) is 0 Å². The number of para-hydroxylation sites is 2. The van der Waals surface area contributed by atoms with Crippen molar-refractivity contribution in [2.24, 2.45) is 11.7 Å². The fraction of sp³-hybridized carbons (Fsp3) is 0.462. The fourth-order valence-electron chi connectivity index (χ4n) is 2.33. The molecular weight excluding hydrogens is 214 g/mol. The lowest BCUT2D eigenvalue weighted by molar-refractivity contribution is 0.368. The van der Waals surface area contributed by atoms with Crippen LogP contribution in [0.1, 0.15) is 13.3 Å². The van der Waals surface area contributed by atoms with E-state index in [1.54, 1.807) is 0 Å². The van der Waals surface area contributed by atoms with Crippen LogP contribution in [0.15, 0.2) is 28.7 Å². The second-order valence-corrected chi connectivity index (χ2v) is 4.84. The second kappa shape index (κ2) is 4.04. The Morgan fingerprint density at radius 1 is 1.41 bits per heavy atom. The minimum absolute atomic E-state index is 0.302. The summed E-state index contributed by atoms with van der Waals surface area (Å²) in [7, 11) is 0. The Morgan fingerprint density at radius 3 is 3.00 bits per heavy atom. The first kappa shape index (κ1) is 10.6. The Labute approximate surface area is 100 Å². The molecule has 1 aliphatic heterocycles. The molecule has 0 aliphatic carbocycles. The highest BCUT2D eigenvalue weighted by Crippen LogP contribution is 2.25. The van der Waals surface area contributed by atoms with Gasteiger partial charge in [-0.25, -0.2) is 0 Å². The van der Waals surface area contributed by atoms with Crippen molar-refractivity contribution in [1.82, 2.24) is 4.98 Å². The monoisotopic (exact) mass is 231 g/mol. The van der Waals surface area contributed by atoms with E-state index >= 15 is 0 Å². The van der Waals surface area contributed by atoms with Gasteiger partial charge in [0.15, 0.2) is 5.58 Å². The summed E-state index contributed by atoms with van der Waals surface area (Å²) in [5.74, 6) is 0.485. The number of benzene rings is 1. The van der Waals surface area contributed by atoms with Gasteiger partial charge in [0.05, 0.1) is 0 Å². The van der Waals surface area contributed by atoms with Gasteiger partial charge in [0, 0.05) is 19.1 Å². The summed E-state index contributed by atoms with van der Waals surface area (Å²) in [6, 6.07) is 8.89. The molecule has 0 radical (unpaired) electrons. The summed E-state index contributed by atoms with van der Waals surface area (Å²) in [5.41, 5.74) is 7.79. The number of aromatic nitrogens is 1. The quantitative estimate of drug-likeness (QED) is 0.815. The van der Waals surface area contributed by atoms with Crippen LogP contribution in [0.4, 0.5) is 6.01 Å². The van der Waals surface area contributed by atoms with Crippen LogP contribution in [-0.2, 0) is 0 Å². The van der Waals surface area contributed by atoms with E-state index in [4.69, 9.17) is 10.2 Å². The lowest BCUT2D eigenvalue weighted by Gasteiger charge is -2.33. The average molecular weight is 231 g/mol. The van der Waals surface area contributed by atoms with Gasteiger partial charge in [-0.2, -0.15) is 4.98 Å². The van der Waals surface area contributed by atoms with Crippen molar-refractivity contribution >= 4 is 17.1 Å². The normalized spacial score (nSPS) is 25.4. The van der Waals surface area contributed by atoms with Crippen molar-refractivity contribution in [1.29, 1.82) is 0 Å². The maximum atomic E-state index is 6.02. The molecule has 17 heavy (non-hydrogen) atoms. The Bertz CT molecular complexity index is 489. The smallest absolute Gasteiger partial charge is 0.298 e. The summed E-state index contributed by atoms with van der Waals surface area (Å²) >= 11 is 0. The van der Waals surface area contributed by atoms with Gasteiger partial charge >= 0.3 is 0 Å². The zero-order valence-corrected chi connectivity index (χ0v) is 9.97. The van der Waals surface area contributed by atoms with Crippen molar-refractivity contribution in [3.05, 3.63) is 24.3 Å². The molecule has 1 fully saturated rings. The molecule has 0 bridgehead atoms. The van der Waals surface area contributed by atoms with Crippen LogP contribution in [0.3, 0.4) is 0 Å². The number of nitrogens with zero attached hydrogens (tertiary/aromatic N) is 2. The number of oxazole rings is 1. The van der Waals surface area contributed by atoms with Crippen LogP contribution in [-0.4, -0.2) is 24.1 Å². The third-order valence-corrected chi connectivity index (χ3v) is 3.52. The topological polar surface area (TPSA) is 55.3 Å². The molecule has 2 heterocycles. The van der Waals surface area contributed by atoms with Gasteiger partial charge in [0.25, 0.3) is 6.01 Å². The average Bonchev–Trinajstić information content (AvgIpc) is 2.76. The Morgan fingerprint density at radius 2 is 2.24 bits per heavy atom. The lowest BCUT2D eigenvalue weighted by Crippen LogP contribution is -2.46. The standard InChI is InChI=1S/C13H17N3O/c1-9-8-16(7-6-10(9)14)13-15-11-4-2-3-5-12(11)17-13/h2-5,9-10H,6-8,14H2,1H3. The molecule has 2 atom stereocenters. The number of anilines is 1. The highest BCUT2D eigenvalue weighted by molar-refractivity contribution is 5.74. The zero-order chi connectivity index (χ0) is 11.8. The van der Waals surface area contributed by atoms with Crippen LogP contribution >= 0.6 is 0 Å². The summed E-state index contributed by atoms with van der Waals surface area (Å²) < 4.78 is 5.77. The minimum Gasteiger partial charge on any atom is -0.423 e. The molecule has 0 saturated carbocycles. The minimum atomic E-state index is 0.302. The molecule has 3 rings (SSSR count). The number of hydrogen-bond acceptors (Lipinski definition) is 4. The number of hydrogen-bond donors (Lipinski definition) is 1. The molecule has 2 unspecified atom stereocenters. The lowest BCUT2D eigenvalue weighted by atomic mass is 9.95. The summed E-state index contributed by atoms with van der Waals surface area (Å²) in [5, 5.41) is 0. The summed E-state index contributed by atoms with van der Waals surface area (Å²) in [4.78, 5) is 6.70. The number of rotatable bonds is 1. The van der Waals surface area contributed by atoms with Crippen LogP contribution in [0.25, 0.3) is 11.1 Å². The highest BCUT2D eigenvalue weighted by atomic mass is 16.4. The predicted molar refractivity (Wildman–Crippen MR) is 68.0 cm³/mol. The molecule has 0 spiro atoms. The Kier molecular flexibility index (Phi) is 2.52. The van der Waals surface area contributed by atoms with E-state index in [0.29, 0.717) is 12.0 Å². The third kappa shape index (κ3) is 1.89. The van der Waals surface area contributed by atoms with Crippen LogP contribution in [0, 0.1) is 5.92 Å². The summed E-state index contributed by atoms with van der Waals surface area (Å²) in [6.45, 7) is 4.03. The van der Waals surface area contributed by atoms with Gasteiger partial charge in [0.1, 0.15) is 5.52 Å². The first-order valence-electron chi connectivity index (χ1n) is 6.10. The van der Waals surface area contributed by atoms with E-state index in [2.05, 4.69) is 16.8 Å². The summed E-state index contributed by atoms with van der Waals surface area (Å²) in [6.07, 6.45) is 1.000. The molecular formula is C13H17N3O. The van der Waals surface area contributed by atoms with Gasteiger partial charge in [-0.05, 0) is 24.5 Å². The SMILES string of the molecule is CC1CN(c2nc3ccccc3o2)CCC1N. The molecule has 1 saturated heterocycles. The fourth-order valence-corrected chi connectivity index (χ4v) is 2.33. The Balaban J connectivity index is 1.88. The number of piperidine rings is 1. The maximum absolute atomic E-state index is 6.02. The molecule has 1 aromatic heterocycles. The van der Waals surface area contributed by atoms with Gasteiger partial charge < -0.3 is 15.1 Å².